The number of rotatable bonds is 4. The van der Waals surface area contributed by atoms with Gasteiger partial charge in [-0.15, -0.1) is 0 Å². The van der Waals surface area contributed by atoms with E-state index in [0.29, 0.717) is 19.1 Å². The highest BCUT2D eigenvalue weighted by atomic mass is 19.4. The number of likely N-dealkylation sites (N-methyl/N-ethyl adjacent to an activating group) is 1. The smallest absolute Gasteiger partial charge is 0.307 e. The molecule has 3 nitrogen and oxygen atoms in total. The summed E-state index contributed by atoms with van der Waals surface area (Å²) in [6, 6.07) is 0.483. The Hall–Kier alpha value is -0.330. The van der Waals surface area contributed by atoms with Crippen molar-refractivity contribution in [3.05, 3.63) is 0 Å². The van der Waals surface area contributed by atoms with Crippen molar-refractivity contribution in [2.24, 2.45) is 0 Å². The maximum atomic E-state index is 11.9. The average Bonchev–Trinajstić information content (AvgIpc) is 2.17. The van der Waals surface area contributed by atoms with Gasteiger partial charge in [-0.3, -0.25) is 4.90 Å². The third-order valence-electron chi connectivity index (χ3n) is 2.97. The highest BCUT2D eigenvalue weighted by molar-refractivity contribution is 4.76. The summed E-state index contributed by atoms with van der Waals surface area (Å²) in [6.45, 7) is 5.19. The van der Waals surface area contributed by atoms with Gasteiger partial charge in [0.25, 0.3) is 0 Å². The molecule has 1 saturated heterocycles. The lowest BCUT2D eigenvalue weighted by molar-refractivity contribution is -0.124. The minimum atomic E-state index is -4.10. The van der Waals surface area contributed by atoms with Crippen LogP contribution in [0.15, 0.2) is 0 Å². The quantitative estimate of drug-likeness (QED) is 0.731. The van der Waals surface area contributed by atoms with E-state index in [4.69, 9.17) is 0 Å². The van der Waals surface area contributed by atoms with E-state index in [1.807, 2.05) is 0 Å². The molecule has 0 bridgehead atoms. The molecular formula is C10H20F3N3. The van der Waals surface area contributed by atoms with Gasteiger partial charge < -0.3 is 10.2 Å². The number of hydrogen-bond donors (Lipinski definition) is 1. The SMILES string of the molecule is CC1CN(CCNCC(F)(F)F)CCN1C. The molecule has 1 aliphatic rings. The van der Waals surface area contributed by atoms with Crippen molar-refractivity contribution in [3.8, 4) is 0 Å². The van der Waals surface area contributed by atoms with Crippen LogP contribution in [-0.2, 0) is 0 Å². The van der Waals surface area contributed by atoms with Gasteiger partial charge in [-0.25, -0.2) is 0 Å². The number of nitrogens with one attached hydrogen (secondary N) is 1. The van der Waals surface area contributed by atoms with Crippen molar-refractivity contribution in [2.45, 2.75) is 19.1 Å². The molecule has 1 N–H and O–H groups in total. The van der Waals surface area contributed by atoms with Gasteiger partial charge >= 0.3 is 6.18 Å². The Morgan fingerprint density at radius 1 is 1.31 bits per heavy atom. The van der Waals surface area contributed by atoms with Crippen LogP contribution < -0.4 is 5.32 Å². The fourth-order valence-corrected chi connectivity index (χ4v) is 1.79. The lowest BCUT2D eigenvalue weighted by atomic mass is 10.2. The van der Waals surface area contributed by atoms with Gasteiger partial charge in [0.1, 0.15) is 0 Å². The zero-order chi connectivity index (χ0) is 12.2. The number of hydrogen-bond acceptors (Lipinski definition) is 3. The molecule has 16 heavy (non-hydrogen) atoms. The van der Waals surface area contributed by atoms with Gasteiger partial charge in [0.05, 0.1) is 6.54 Å². The highest BCUT2D eigenvalue weighted by Crippen LogP contribution is 2.12. The van der Waals surface area contributed by atoms with E-state index in [-0.39, 0.29) is 0 Å². The molecule has 1 atom stereocenters. The molecule has 1 rings (SSSR count). The summed E-state index contributed by atoms with van der Waals surface area (Å²) in [5.74, 6) is 0. The number of halogens is 3. The normalized spacial score (nSPS) is 24.9. The molecule has 96 valence electrons. The Morgan fingerprint density at radius 2 is 2.00 bits per heavy atom. The zero-order valence-electron chi connectivity index (χ0n) is 9.85. The predicted molar refractivity (Wildman–Crippen MR) is 57.5 cm³/mol. The minimum absolute atomic E-state index is 0.399. The Bertz CT molecular complexity index is 208. The van der Waals surface area contributed by atoms with Crippen molar-refractivity contribution in [1.82, 2.24) is 15.1 Å². The topological polar surface area (TPSA) is 18.5 Å². The van der Waals surface area contributed by atoms with Gasteiger partial charge in [0, 0.05) is 38.8 Å². The first kappa shape index (κ1) is 13.7. The molecule has 0 spiro atoms. The number of piperazine rings is 1. The molecule has 0 amide bonds. The Balaban J connectivity index is 2.10. The summed E-state index contributed by atoms with van der Waals surface area (Å²) in [4.78, 5) is 4.47. The third kappa shape index (κ3) is 5.14. The second-order valence-corrected chi connectivity index (χ2v) is 4.42. The first-order valence-electron chi connectivity index (χ1n) is 5.58. The molecule has 1 unspecified atom stereocenters. The van der Waals surface area contributed by atoms with Crippen molar-refractivity contribution in [1.29, 1.82) is 0 Å². The number of alkyl halides is 3. The van der Waals surface area contributed by atoms with Gasteiger partial charge in [0.2, 0.25) is 0 Å². The fourth-order valence-electron chi connectivity index (χ4n) is 1.79. The van der Waals surface area contributed by atoms with E-state index in [1.54, 1.807) is 0 Å². The van der Waals surface area contributed by atoms with Crippen LogP contribution in [0, 0.1) is 0 Å². The first-order valence-corrected chi connectivity index (χ1v) is 5.58. The molecule has 1 fully saturated rings. The standard InChI is InChI=1S/C10H20F3N3/c1-9-7-16(6-5-15(9)2)4-3-14-8-10(11,12)13/h9,14H,3-8H2,1-2H3. The predicted octanol–water partition coefficient (Wildman–Crippen LogP) is 0.774. The molecule has 0 aromatic heterocycles. The van der Waals surface area contributed by atoms with Crippen LogP contribution >= 0.6 is 0 Å². The van der Waals surface area contributed by atoms with Crippen molar-refractivity contribution < 1.29 is 13.2 Å². The minimum Gasteiger partial charge on any atom is -0.307 e. The van der Waals surface area contributed by atoms with Crippen molar-refractivity contribution >= 4 is 0 Å². The third-order valence-corrected chi connectivity index (χ3v) is 2.97. The molecule has 0 aromatic carbocycles. The molecule has 0 aliphatic carbocycles. The maximum absolute atomic E-state index is 11.9. The van der Waals surface area contributed by atoms with Gasteiger partial charge in [-0.2, -0.15) is 13.2 Å². The molecule has 0 radical (unpaired) electrons. The Labute approximate surface area is 94.6 Å². The second-order valence-electron chi connectivity index (χ2n) is 4.42. The van der Waals surface area contributed by atoms with Crippen LogP contribution in [0.1, 0.15) is 6.92 Å². The van der Waals surface area contributed by atoms with E-state index < -0.39 is 12.7 Å². The van der Waals surface area contributed by atoms with E-state index in [9.17, 15) is 13.2 Å². The summed E-state index contributed by atoms with van der Waals surface area (Å²) < 4.78 is 35.6. The fraction of sp³-hybridized carbons (Fsp3) is 1.00. The second kappa shape index (κ2) is 5.84. The van der Waals surface area contributed by atoms with Gasteiger partial charge in [-0.1, -0.05) is 0 Å². The van der Waals surface area contributed by atoms with E-state index in [2.05, 4.69) is 29.1 Å². The molecule has 1 aliphatic heterocycles. The Morgan fingerprint density at radius 3 is 2.56 bits per heavy atom. The van der Waals surface area contributed by atoms with E-state index in [0.717, 1.165) is 19.6 Å². The lowest BCUT2D eigenvalue weighted by Gasteiger charge is -2.37. The summed E-state index contributed by atoms with van der Waals surface area (Å²) in [5.41, 5.74) is 0. The largest absolute Gasteiger partial charge is 0.401 e. The molecule has 1 heterocycles. The van der Waals surface area contributed by atoms with Crippen LogP contribution in [0.4, 0.5) is 13.2 Å². The van der Waals surface area contributed by atoms with Crippen LogP contribution in [0.2, 0.25) is 0 Å². The zero-order valence-corrected chi connectivity index (χ0v) is 9.85. The maximum Gasteiger partial charge on any atom is 0.401 e. The molecule has 6 heteroatoms. The van der Waals surface area contributed by atoms with Crippen LogP contribution in [-0.4, -0.2) is 68.3 Å². The highest BCUT2D eigenvalue weighted by Gasteiger charge is 2.26. The summed E-state index contributed by atoms with van der Waals surface area (Å²) >= 11 is 0. The summed E-state index contributed by atoms with van der Waals surface area (Å²) in [7, 11) is 2.07. The summed E-state index contributed by atoms with van der Waals surface area (Å²) in [5, 5.41) is 2.42. The lowest BCUT2D eigenvalue weighted by Crippen LogP contribution is -2.51. The Kier molecular flexibility index (Phi) is 5.01. The van der Waals surface area contributed by atoms with E-state index >= 15 is 0 Å². The van der Waals surface area contributed by atoms with Gasteiger partial charge in [0.15, 0.2) is 0 Å². The van der Waals surface area contributed by atoms with E-state index in [1.165, 1.54) is 0 Å². The molecule has 0 aromatic rings. The van der Waals surface area contributed by atoms with Crippen molar-refractivity contribution in [2.75, 3.05) is 46.3 Å². The average molecular weight is 239 g/mol. The molecular weight excluding hydrogens is 219 g/mol. The molecule has 0 saturated carbocycles. The van der Waals surface area contributed by atoms with Crippen LogP contribution in [0.5, 0.6) is 0 Å². The van der Waals surface area contributed by atoms with Crippen LogP contribution in [0.25, 0.3) is 0 Å². The first-order chi connectivity index (χ1) is 7.38. The van der Waals surface area contributed by atoms with Crippen molar-refractivity contribution in [3.63, 3.8) is 0 Å². The summed E-state index contributed by atoms with van der Waals surface area (Å²) in [6.07, 6.45) is -4.10. The van der Waals surface area contributed by atoms with Crippen LogP contribution in [0.3, 0.4) is 0 Å². The van der Waals surface area contributed by atoms with Gasteiger partial charge in [-0.05, 0) is 14.0 Å². The number of nitrogens with zero attached hydrogens (tertiary/aromatic N) is 2. The monoisotopic (exact) mass is 239 g/mol.